The summed E-state index contributed by atoms with van der Waals surface area (Å²) < 4.78 is 26.5. The van der Waals surface area contributed by atoms with Crippen LogP contribution in [0.5, 0.6) is 0 Å². The minimum absolute atomic E-state index is 0.158. The average Bonchev–Trinajstić information content (AvgIpc) is 2.59. The topological polar surface area (TPSA) is 75.3 Å². The minimum Gasteiger partial charge on any atom is -0.348 e. The van der Waals surface area contributed by atoms with Crippen molar-refractivity contribution in [2.45, 2.75) is 31.7 Å². The Morgan fingerprint density at radius 2 is 1.62 bits per heavy atom. The Morgan fingerprint density at radius 1 is 1.00 bits per heavy atom. The van der Waals surface area contributed by atoms with Gasteiger partial charge in [-0.3, -0.25) is 4.79 Å². The summed E-state index contributed by atoms with van der Waals surface area (Å²) in [4.78, 5) is 12.3. The van der Waals surface area contributed by atoms with Gasteiger partial charge in [0, 0.05) is 18.7 Å². The third-order valence-electron chi connectivity index (χ3n) is 3.54. The largest absolute Gasteiger partial charge is 0.348 e. The number of amides is 1. The van der Waals surface area contributed by atoms with Crippen molar-refractivity contribution in [2.75, 3.05) is 6.54 Å². The number of carbonyl (C=O) groups excluding carboxylic acids is 1. The maximum absolute atomic E-state index is 12.1. The Kier molecular flexibility index (Phi) is 6.11. The number of aryl methyl sites for hydroxylation is 1. The number of carbonyl (C=O) groups is 1. The van der Waals surface area contributed by atoms with Crippen LogP contribution in [0.3, 0.4) is 0 Å². The number of sulfonamides is 1. The van der Waals surface area contributed by atoms with Crippen LogP contribution in [0.25, 0.3) is 0 Å². The van der Waals surface area contributed by atoms with E-state index in [1.807, 2.05) is 38.1 Å². The van der Waals surface area contributed by atoms with E-state index in [1.165, 1.54) is 29.8 Å². The molecular weight excluding hydrogens is 324 g/mol. The minimum atomic E-state index is -3.51. The molecule has 0 bridgehead atoms. The van der Waals surface area contributed by atoms with Gasteiger partial charge in [0.1, 0.15) is 0 Å². The summed E-state index contributed by atoms with van der Waals surface area (Å²) in [7, 11) is -3.51. The first-order valence-electron chi connectivity index (χ1n) is 7.86. The fraction of sp³-hybridized carbons (Fsp3) is 0.278. The molecule has 0 unspecified atom stereocenters. The molecule has 6 heteroatoms. The van der Waals surface area contributed by atoms with Crippen molar-refractivity contribution in [1.82, 2.24) is 10.0 Å². The molecule has 0 aromatic heterocycles. The molecule has 0 atom stereocenters. The van der Waals surface area contributed by atoms with Gasteiger partial charge in [-0.15, -0.1) is 0 Å². The molecule has 0 fully saturated rings. The zero-order valence-corrected chi connectivity index (χ0v) is 14.7. The van der Waals surface area contributed by atoms with E-state index < -0.39 is 10.0 Å². The summed E-state index contributed by atoms with van der Waals surface area (Å²) >= 11 is 0. The molecule has 0 spiro atoms. The molecule has 5 nitrogen and oxygen atoms in total. The Balaban J connectivity index is 1.99. The van der Waals surface area contributed by atoms with Gasteiger partial charge in [0.05, 0.1) is 4.90 Å². The molecule has 0 aliphatic carbocycles. The molecule has 128 valence electrons. The van der Waals surface area contributed by atoms with Gasteiger partial charge in [-0.25, -0.2) is 13.1 Å². The van der Waals surface area contributed by atoms with Crippen molar-refractivity contribution in [3.8, 4) is 0 Å². The van der Waals surface area contributed by atoms with Crippen LogP contribution in [0.4, 0.5) is 0 Å². The van der Waals surface area contributed by atoms with Crippen LogP contribution in [0, 0.1) is 6.92 Å². The number of hydrogen-bond donors (Lipinski definition) is 2. The molecule has 0 radical (unpaired) electrons. The van der Waals surface area contributed by atoms with Crippen molar-refractivity contribution in [3.05, 3.63) is 65.2 Å². The molecule has 2 N–H and O–H groups in total. The van der Waals surface area contributed by atoms with E-state index in [0.29, 0.717) is 18.7 Å². The smallest absolute Gasteiger partial charge is 0.251 e. The summed E-state index contributed by atoms with van der Waals surface area (Å²) in [5.74, 6) is -0.235. The maximum atomic E-state index is 12.1. The fourth-order valence-corrected chi connectivity index (χ4v) is 3.23. The van der Waals surface area contributed by atoms with Crippen LogP contribution in [-0.4, -0.2) is 20.9 Å². The van der Waals surface area contributed by atoms with E-state index in [2.05, 4.69) is 10.0 Å². The summed E-state index contributed by atoms with van der Waals surface area (Å²) in [5, 5.41) is 2.82. The molecule has 24 heavy (non-hydrogen) atoms. The Hall–Kier alpha value is -2.18. The van der Waals surface area contributed by atoms with Crippen molar-refractivity contribution >= 4 is 15.9 Å². The lowest BCUT2D eigenvalue weighted by Gasteiger charge is -2.08. The summed E-state index contributed by atoms with van der Waals surface area (Å²) in [6, 6.07) is 13.8. The van der Waals surface area contributed by atoms with Gasteiger partial charge in [0.15, 0.2) is 0 Å². The quantitative estimate of drug-likeness (QED) is 0.809. The Bertz CT molecular complexity index is 782. The predicted molar refractivity (Wildman–Crippen MR) is 94.3 cm³/mol. The number of nitrogens with one attached hydrogen (secondary N) is 2. The molecular formula is C18H22N2O3S. The van der Waals surface area contributed by atoms with Crippen molar-refractivity contribution < 1.29 is 13.2 Å². The second-order valence-corrected chi connectivity index (χ2v) is 7.36. The van der Waals surface area contributed by atoms with Gasteiger partial charge < -0.3 is 5.32 Å². The first-order chi connectivity index (χ1) is 11.4. The first kappa shape index (κ1) is 18.2. The Morgan fingerprint density at radius 3 is 2.21 bits per heavy atom. The normalized spacial score (nSPS) is 11.2. The number of benzene rings is 2. The van der Waals surface area contributed by atoms with Crippen LogP contribution in [0.1, 0.15) is 34.8 Å². The van der Waals surface area contributed by atoms with E-state index >= 15 is 0 Å². The molecule has 0 aliphatic heterocycles. The van der Waals surface area contributed by atoms with Crippen molar-refractivity contribution in [1.29, 1.82) is 0 Å². The molecule has 0 saturated heterocycles. The highest BCUT2D eigenvalue weighted by Crippen LogP contribution is 2.11. The Labute approximate surface area is 143 Å². The standard InChI is InChI=1S/C18H22N2O3S/c1-3-12-20-24(22,23)17-10-8-16(9-11-17)18(21)19-13-15-6-4-14(2)5-7-15/h4-11,20H,3,12-13H2,1-2H3,(H,19,21). The van der Waals surface area contributed by atoms with Gasteiger partial charge >= 0.3 is 0 Å². The monoisotopic (exact) mass is 346 g/mol. The lowest BCUT2D eigenvalue weighted by molar-refractivity contribution is 0.0951. The van der Waals surface area contributed by atoms with Crippen LogP contribution in [0.15, 0.2) is 53.4 Å². The SMILES string of the molecule is CCCNS(=O)(=O)c1ccc(C(=O)NCc2ccc(C)cc2)cc1. The van der Waals surface area contributed by atoms with Crippen LogP contribution in [-0.2, 0) is 16.6 Å². The van der Waals surface area contributed by atoms with Gasteiger partial charge in [-0.05, 0) is 43.2 Å². The van der Waals surface area contributed by atoms with E-state index in [0.717, 1.165) is 12.0 Å². The molecule has 2 aromatic rings. The summed E-state index contributed by atoms with van der Waals surface area (Å²) in [5.41, 5.74) is 2.60. The average molecular weight is 346 g/mol. The first-order valence-corrected chi connectivity index (χ1v) is 9.34. The van der Waals surface area contributed by atoms with E-state index in [-0.39, 0.29) is 10.8 Å². The molecule has 0 aliphatic rings. The molecule has 2 aromatic carbocycles. The highest BCUT2D eigenvalue weighted by Gasteiger charge is 2.14. The van der Waals surface area contributed by atoms with E-state index in [1.54, 1.807) is 0 Å². The molecule has 2 rings (SSSR count). The summed E-state index contributed by atoms with van der Waals surface area (Å²) in [6.45, 7) is 4.72. The zero-order chi connectivity index (χ0) is 17.6. The highest BCUT2D eigenvalue weighted by molar-refractivity contribution is 7.89. The fourth-order valence-electron chi connectivity index (χ4n) is 2.10. The number of hydrogen-bond acceptors (Lipinski definition) is 3. The third kappa shape index (κ3) is 4.91. The predicted octanol–water partition coefficient (Wildman–Crippen LogP) is 2.61. The molecule has 0 heterocycles. The van der Waals surface area contributed by atoms with Crippen LogP contribution >= 0.6 is 0 Å². The summed E-state index contributed by atoms with van der Waals surface area (Å²) in [6.07, 6.45) is 0.721. The van der Waals surface area contributed by atoms with Gasteiger partial charge in [0.25, 0.3) is 5.91 Å². The molecule has 1 amide bonds. The van der Waals surface area contributed by atoms with Crippen LogP contribution < -0.4 is 10.0 Å². The highest BCUT2D eigenvalue weighted by atomic mass is 32.2. The van der Waals surface area contributed by atoms with Crippen LogP contribution in [0.2, 0.25) is 0 Å². The number of rotatable bonds is 7. The van der Waals surface area contributed by atoms with Gasteiger partial charge in [-0.2, -0.15) is 0 Å². The van der Waals surface area contributed by atoms with Crippen molar-refractivity contribution in [2.24, 2.45) is 0 Å². The van der Waals surface area contributed by atoms with E-state index in [9.17, 15) is 13.2 Å². The maximum Gasteiger partial charge on any atom is 0.251 e. The lowest BCUT2D eigenvalue weighted by atomic mass is 10.1. The zero-order valence-electron chi connectivity index (χ0n) is 13.9. The van der Waals surface area contributed by atoms with Gasteiger partial charge in [-0.1, -0.05) is 36.8 Å². The second kappa shape index (κ2) is 8.08. The van der Waals surface area contributed by atoms with Gasteiger partial charge in [0.2, 0.25) is 10.0 Å². The van der Waals surface area contributed by atoms with Crippen molar-refractivity contribution in [3.63, 3.8) is 0 Å². The lowest BCUT2D eigenvalue weighted by Crippen LogP contribution is -2.25. The van der Waals surface area contributed by atoms with E-state index in [4.69, 9.17) is 0 Å². The molecule has 0 saturated carbocycles. The second-order valence-electron chi connectivity index (χ2n) is 5.59. The third-order valence-corrected chi connectivity index (χ3v) is 5.02.